The molecule has 7 nitrogen and oxygen atoms in total. The van der Waals surface area contributed by atoms with E-state index in [0.717, 1.165) is 5.56 Å². The Morgan fingerprint density at radius 3 is 2.45 bits per heavy atom. The highest BCUT2D eigenvalue weighted by Crippen LogP contribution is 2.27. The number of rotatable bonds is 14. The number of ether oxygens (including phenoxy) is 2. The van der Waals surface area contributed by atoms with Crippen molar-refractivity contribution in [3.8, 4) is 11.1 Å². The fourth-order valence-corrected chi connectivity index (χ4v) is 4.20. The number of alkyl carbamates (subject to hydrolysis) is 1. The molecular formula is C29H40ClFN2O5. The molecule has 0 heterocycles. The first kappa shape index (κ1) is 31.5. The number of carbonyl (C=O) groups is 2. The molecule has 3 N–H and O–H groups in total. The van der Waals surface area contributed by atoms with Crippen LogP contribution in [-0.4, -0.2) is 55.1 Å². The summed E-state index contributed by atoms with van der Waals surface area (Å²) in [5, 5.41) is 15.6. The molecule has 0 spiro atoms. The van der Waals surface area contributed by atoms with Crippen LogP contribution >= 0.6 is 11.6 Å². The van der Waals surface area contributed by atoms with Crippen molar-refractivity contribution in [3.05, 3.63) is 58.9 Å². The zero-order valence-electron chi connectivity index (χ0n) is 22.7. The molecule has 0 aliphatic rings. The Morgan fingerprint density at radius 1 is 1.11 bits per heavy atom. The molecule has 0 saturated heterocycles. The molecule has 0 saturated carbocycles. The van der Waals surface area contributed by atoms with Crippen molar-refractivity contribution in [1.82, 2.24) is 10.6 Å². The molecule has 0 radical (unpaired) electrons. The van der Waals surface area contributed by atoms with Gasteiger partial charge in [0.15, 0.2) is 0 Å². The normalized spacial score (nSPS) is 13.0. The van der Waals surface area contributed by atoms with Gasteiger partial charge in [0.05, 0.1) is 12.5 Å². The van der Waals surface area contributed by atoms with Crippen molar-refractivity contribution >= 4 is 23.7 Å². The molecule has 0 unspecified atom stereocenters. The maximum atomic E-state index is 14.3. The highest BCUT2D eigenvalue weighted by molar-refractivity contribution is 6.30. The number of halogens is 2. The first-order chi connectivity index (χ1) is 18.0. The topological polar surface area (TPSA) is 96.9 Å². The molecule has 0 aliphatic heterocycles. The van der Waals surface area contributed by atoms with E-state index in [1.165, 1.54) is 12.1 Å². The quantitative estimate of drug-likeness (QED) is 0.212. The van der Waals surface area contributed by atoms with Crippen molar-refractivity contribution < 1.29 is 28.6 Å². The third-order valence-corrected chi connectivity index (χ3v) is 6.00. The fourth-order valence-electron chi connectivity index (χ4n) is 4.03. The van der Waals surface area contributed by atoms with Crippen LogP contribution in [0.2, 0.25) is 5.02 Å². The summed E-state index contributed by atoms with van der Waals surface area (Å²) in [7, 11) is 0. The summed E-state index contributed by atoms with van der Waals surface area (Å²) in [5.41, 5.74) is 1.32. The number of hydrogen-bond acceptors (Lipinski definition) is 6. The minimum absolute atomic E-state index is 0.0962. The van der Waals surface area contributed by atoms with E-state index < -0.39 is 23.7 Å². The summed E-state index contributed by atoms with van der Waals surface area (Å²) in [5.74, 6) is -1.13. The van der Waals surface area contributed by atoms with Crippen LogP contribution in [0.25, 0.3) is 11.1 Å². The van der Waals surface area contributed by atoms with Crippen LogP contribution in [0, 0.1) is 11.7 Å². The Kier molecular flexibility index (Phi) is 13.0. The molecule has 2 rings (SSSR count). The second-order valence-corrected chi connectivity index (χ2v) is 10.6. The highest BCUT2D eigenvalue weighted by Gasteiger charge is 2.27. The van der Waals surface area contributed by atoms with Crippen molar-refractivity contribution in [2.75, 3.05) is 26.3 Å². The monoisotopic (exact) mass is 550 g/mol. The van der Waals surface area contributed by atoms with Crippen molar-refractivity contribution in [1.29, 1.82) is 0 Å². The highest BCUT2D eigenvalue weighted by atomic mass is 35.5. The third kappa shape index (κ3) is 11.4. The minimum atomic E-state index is -0.672. The SMILES string of the molecule is CCOC(=O)[C@H](CCNCCCO)C[C@@H](Cc1ccc(-c2cc(Cl)ccc2F)cc1)NC(=O)OC(C)(C)C. The van der Waals surface area contributed by atoms with Gasteiger partial charge in [-0.25, -0.2) is 9.18 Å². The number of hydrogen-bond donors (Lipinski definition) is 3. The van der Waals surface area contributed by atoms with Crippen molar-refractivity contribution in [3.63, 3.8) is 0 Å². The van der Waals surface area contributed by atoms with Gasteiger partial charge < -0.3 is 25.2 Å². The summed E-state index contributed by atoms with van der Waals surface area (Å²) >= 11 is 6.05. The van der Waals surface area contributed by atoms with Gasteiger partial charge in [0, 0.05) is 23.2 Å². The predicted molar refractivity (Wildman–Crippen MR) is 148 cm³/mol. The number of carbonyl (C=O) groups excluding carboxylic acids is 2. The number of esters is 1. The summed E-state index contributed by atoms with van der Waals surface area (Å²) in [4.78, 5) is 25.4. The van der Waals surface area contributed by atoms with Gasteiger partial charge >= 0.3 is 12.1 Å². The average molecular weight is 551 g/mol. The number of amides is 1. The van der Waals surface area contributed by atoms with E-state index in [2.05, 4.69) is 10.6 Å². The van der Waals surface area contributed by atoms with E-state index >= 15 is 0 Å². The first-order valence-electron chi connectivity index (χ1n) is 13.0. The zero-order chi connectivity index (χ0) is 28.1. The van der Waals surface area contributed by atoms with Gasteiger partial charge in [-0.1, -0.05) is 35.9 Å². The Bertz CT molecular complexity index is 1030. The minimum Gasteiger partial charge on any atom is -0.466 e. The summed E-state index contributed by atoms with van der Waals surface area (Å²) in [6.45, 7) is 8.69. The lowest BCUT2D eigenvalue weighted by Crippen LogP contribution is -2.42. The second kappa shape index (κ2) is 15.7. The molecule has 2 atom stereocenters. The lowest BCUT2D eigenvalue weighted by Gasteiger charge is -2.26. The third-order valence-electron chi connectivity index (χ3n) is 5.77. The lowest BCUT2D eigenvalue weighted by atomic mass is 9.92. The Morgan fingerprint density at radius 2 is 1.82 bits per heavy atom. The van der Waals surface area contributed by atoms with Gasteiger partial charge in [0.2, 0.25) is 0 Å². The standard InChI is InChI=1S/C29H40ClFN2O5/c1-5-37-27(35)22(13-15-32-14-6-16-34)18-24(33-28(36)38-29(2,3)4)17-20-7-9-21(10-8-20)25-19-23(30)11-12-26(25)31/h7-12,19,22,24,32,34H,5-6,13-18H2,1-4H3,(H,33,36)/t22-,24-/m1/s1. The summed E-state index contributed by atoms with van der Waals surface area (Å²) in [6, 6.07) is 11.4. The fraction of sp³-hybridized carbons (Fsp3) is 0.517. The van der Waals surface area contributed by atoms with Gasteiger partial charge in [0.1, 0.15) is 11.4 Å². The molecule has 210 valence electrons. The number of benzene rings is 2. The van der Waals surface area contributed by atoms with E-state index in [0.29, 0.717) is 54.9 Å². The maximum absolute atomic E-state index is 14.3. The molecule has 0 fully saturated rings. The molecule has 0 bridgehead atoms. The molecule has 2 aromatic carbocycles. The molecule has 0 aromatic heterocycles. The van der Waals surface area contributed by atoms with E-state index in [9.17, 15) is 14.0 Å². The van der Waals surface area contributed by atoms with E-state index in [-0.39, 0.29) is 25.0 Å². The Labute approximate surface area is 230 Å². The molecule has 1 amide bonds. The number of nitrogens with one attached hydrogen (secondary N) is 2. The average Bonchev–Trinajstić information content (AvgIpc) is 2.84. The number of aliphatic hydroxyl groups excluding tert-OH is 1. The second-order valence-electron chi connectivity index (χ2n) is 10.2. The van der Waals surface area contributed by atoms with Crippen LogP contribution in [0.4, 0.5) is 9.18 Å². The lowest BCUT2D eigenvalue weighted by molar-refractivity contribution is -0.148. The van der Waals surface area contributed by atoms with Crippen LogP contribution in [-0.2, 0) is 20.7 Å². The maximum Gasteiger partial charge on any atom is 0.407 e. The van der Waals surface area contributed by atoms with Crippen LogP contribution in [0.1, 0.15) is 52.5 Å². The molecule has 9 heteroatoms. The molecule has 2 aromatic rings. The van der Waals surface area contributed by atoms with Crippen LogP contribution in [0.5, 0.6) is 0 Å². The van der Waals surface area contributed by atoms with Gasteiger partial charge in [-0.05, 0) is 95.8 Å². The van der Waals surface area contributed by atoms with Crippen molar-refractivity contribution in [2.24, 2.45) is 5.92 Å². The zero-order valence-corrected chi connectivity index (χ0v) is 23.4. The molecule has 38 heavy (non-hydrogen) atoms. The predicted octanol–water partition coefficient (Wildman–Crippen LogP) is 5.51. The summed E-state index contributed by atoms with van der Waals surface area (Å²) in [6.07, 6.45) is 1.37. The smallest absolute Gasteiger partial charge is 0.407 e. The van der Waals surface area contributed by atoms with Crippen molar-refractivity contribution in [2.45, 2.75) is 65.0 Å². The van der Waals surface area contributed by atoms with Gasteiger partial charge in [-0.3, -0.25) is 4.79 Å². The van der Waals surface area contributed by atoms with Crippen LogP contribution in [0.15, 0.2) is 42.5 Å². The molecular weight excluding hydrogens is 511 g/mol. The van der Waals surface area contributed by atoms with Gasteiger partial charge in [-0.2, -0.15) is 0 Å². The molecule has 0 aliphatic carbocycles. The van der Waals surface area contributed by atoms with E-state index in [1.807, 2.05) is 24.3 Å². The van der Waals surface area contributed by atoms with E-state index in [4.69, 9.17) is 26.2 Å². The first-order valence-corrected chi connectivity index (χ1v) is 13.4. The Balaban J connectivity index is 2.21. The van der Waals surface area contributed by atoms with Gasteiger partial charge in [0.25, 0.3) is 0 Å². The largest absolute Gasteiger partial charge is 0.466 e. The van der Waals surface area contributed by atoms with E-state index in [1.54, 1.807) is 33.8 Å². The van der Waals surface area contributed by atoms with Crippen LogP contribution < -0.4 is 10.6 Å². The Hall–Kier alpha value is -2.68. The van der Waals surface area contributed by atoms with Crippen LogP contribution in [0.3, 0.4) is 0 Å². The van der Waals surface area contributed by atoms with Gasteiger partial charge in [-0.15, -0.1) is 0 Å². The number of aliphatic hydroxyl groups is 1. The summed E-state index contributed by atoms with van der Waals surface area (Å²) < 4.78 is 25.1.